The second-order valence-electron chi connectivity index (χ2n) is 3.20. The molecule has 0 aliphatic carbocycles. The topological polar surface area (TPSA) is 34.9 Å². The molecule has 0 atom stereocenters. The zero-order valence-corrected chi connectivity index (χ0v) is 9.52. The number of aldehydes is 1. The molecule has 0 amide bonds. The highest BCUT2D eigenvalue weighted by atomic mass is 79.9. The Hall–Kier alpha value is -1.42. The Morgan fingerprint density at radius 1 is 1.40 bits per heavy atom. The van der Waals surface area contributed by atoms with E-state index in [2.05, 4.69) is 20.9 Å². The Balaban J connectivity index is 2.14. The average Bonchev–Trinajstić information content (AvgIpc) is 2.69. The van der Waals surface area contributed by atoms with Crippen molar-refractivity contribution in [2.24, 2.45) is 0 Å². The first kappa shape index (κ1) is 10.1. The predicted molar refractivity (Wildman–Crippen MR) is 60.9 cm³/mol. The van der Waals surface area contributed by atoms with Gasteiger partial charge < -0.3 is 4.57 Å². The van der Waals surface area contributed by atoms with Crippen LogP contribution in [0.15, 0.2) is 41.3 Å². The monoisotopic (exact) mass is 264 g/mol. The van der Waals surface area contributed by atoms with Crippen molar-refractivity contribution in [1.82, 2.24) is 9.55 Å². The van der Waals surface area contributed by atoms with Gasteiger partial charge in [-0.3, -0.25) is 9.78 Å². The summed E-state index contributed by atoms with van der Waals surface area (Å²) >= 11 is 3.33. The normalized spacial score (nSPS) is 10.2. The van der Waals surface area contributed by atoms with Gasteiger partial charge in [-0.2, -0.15) is 0 Å². The van der Waals surface area contributed by atoms with Crippen molar-refractivity contribution in [3.05, 3.63) is 52.5 Å². The van der Waals surface area contributed by atoms with Crippen LogP contribution in [0.3, 0.4) is 0 Å². The van der Waals surface area contributed by atoms with Crippen LogP contribution in [-0.4, -0.2) is 15.8 Å². The van der Waals surface area contributed by atoms with Crippen molar-refractivity contribution in [2.75, 3.05) is 0 Å². The summed E-state index contributed by atoms with van der Waals surface area (Å²) in [5, 5.41) is 0. The van der Waals surface area contributed by atoms with Gasteiger partial charge in [0.2, 0.25) is 0 Å². The first-order valence-corrected chi connectivity index (χ1v) is 5.28. The van der Waals surface area contributed by atoms with Gasteiger partial charge in [-0.15, -0.1) is 0 Å². The minimum absolute atomic E-state index is 0.682. The van der Waals surface area contributed by atoms with Crippen molar-refractivity contribution >= 4 is 22.2 Å². The van der Waals surface area contributed by atoms with Crippen LogP contribution in [0, 0.1) is 0 Å². The number of rotatable bonds is 3. The maximum Gasteiger partial charge on any atom is 0.151 e. The van der Waals surface area contributed by atoms with E-state index in [0.717, 1.165) is 16.5 Å². The largest absolute Gasteiger partial charge is 0.348 e. The summed E-state index contributed by atoms with van der Waals surface area (Å²) in [5.41, 5.74) is 1.65. The van der Waals surface area contributed by atoms with E-state index in [1.54, 1.807) is 18.5 Å². The third-order valence-electron chi connectivity index (χ3n) is 2.04. The van der Waals surface area contributed by atoms with Crippen LogP contribution in [0.1, 0.15) is 16.1 Å². The highest BCUT2D eigenvalue weighted by molar-refractivity contribution is 9.10. The maximum atomic E-state index is 10.5. The molecule has 0 fully saturated rings. The number of hydrogen-bond acceptors (Lipinski definition) is 2. The molecule has 0 saturated heterocycles. The molecule has 0 N–H and O–H groups in total. The van der Waals surface area contributed by atoms with Crippen LogP contribution in [0.2, 0.25) is 0 Å². The Bertz CT molecular complexity index is 462. The van der Waals surface area contributed by atoms with E-state index >= 15 is 0 Å². The molecule has 0 aliphatic rings. The molecule has 2 heterocycles. The van der Waals surface area contributed by atoms with E-state index in [4.69, 9.17) is 0 Å². The summed E-state index contributed by atoms with van der Waals surface area (Å²) in [4.78, 5) is 14.7. The molecule has 0 bridgehead atoms. The van der Waals surface area contributed by atoms with Crippen LogP contribution in [-0.2, 0) is 6.54 Å². The average molecular weight is 265 g/mol. The van der Waals surface area contributed by atoms with E-state index in [0.29, 0.717) is 12.1 Å². The molecule has 0 spiro atoms. The fraction of sp³-hybridized carbons (Fsp3) is 0.0909. The van der Waals surface area contributed by atoms with Gasteiger partial charge in [0.1, 0.15) is 0 Å². The summed E-state index contributed by atoms with van der Waals surface area (Å²) in [7, 11) is 0. The van der Waals surface area contributed by atoms with Crippen LogP contribution < -0.4 is 0 Å². The fourth-order valence-corrected chi connectivity index (χ4v) is 1.55. The van der Waals surface area contributed by atoms with E-state index in [9.17, 15) is 4.79 Å². The van der Waals surface area contributed by atoms with Crippen molar-refractivity contribution in [3.63, 3.8) is 0 Å². The predicted octanol–water partition coefficient (Wildman–Crippen LogP) is 2.51. The van der Waals surface area contributed by atoms with Gasteiger partial charge in [0.25, 0.3) is 0 Å². The molecule has 2 aromatic heterocycles. The third-order valence-corrected chi connectivity index (χ3v) is 2.51. The Kier molecular flexibility index (Phi) is 2.97. The molecular weight excluding hydrogens is 256 g/mol. The molecule has 0 unspecified atom stereocenters. The standard InChI is InChI=1S/C11H9BrN2O/c12-10-1-2-11(13-5-10)7-14-4-3-9(6-14)8-15/h1-6,8H,7H2. The van der Waals surface area contributed by atoms with Crippen LogP contribution in [0.5, 0.6) is 0 Å². The quantitative estimate of drug-likeness (QED) is 0.799. The van der Waals surface area contributed by atoms with E-state index in [-0.39, 0.29) is 0 Å². The lowest BCUT2D eigenvalue weighted by atomic mass is 10.3. The van der Waals surface area contributed by atoms with Crippen molar-refractivity contribution in [2.45, 2.75) is 6.54 Å². The zero-order chi connectivity index (χ0) is 10.7. The second-order valence-corrected chi connectivity index (χ2v) is 4.12. The summed E-state index contributed by atoms with van der Waals surface area (Å²) in [6.45, 7) is 0.682. The van der Waals surface area contributed by atoms with Gasteiger partial charge in [-0.25, -0.2) is 0 Å². The molecule has 0 aliphatic heterocycles. The maximum absolute atomic E-state index is 10.5. The van der Waals surface area contributed by atoms with Crippen LogP contribution in [0.25, 0.3) is 0 Å². The fourth-order valence-electron chi connectivity index (χ4n) is 1.31. The van der Waals surface area contributed by atoms with Gasteiger partial charge in [0.05, 0.1) is 12.2 Å². The molecule has 3 nitrogen and oxygen atoms in total. The van der Waals surface area contributed by atoms with Crippen molar-refractivity contribution < 1.29 is 4.79 Å². The smallest absolute Gasteiger partial charge is 0.151 e. The van der Waals surface area contributed by atoms with Gasteiger partial charge in [0.15, 0.2) is 6.29 Å². The molecule has 0 radical (unpaired) electrons. The number of nitrogens with zero attached hydrogens (tertiary/aromatic N) is 2. The first-order chi connectivity index (χ1) is 7.28. The van der Waals surface area contributed by atoms with Gasteiger partial charge >= 0.3 is 0 Å². The van der Waals surface area contributed by atoms with Crippen molar-refractivity contribution in [1.29, 1.82) is 0 Å². The van der Waals surface area contributed by atoms with Crippen LogP contribution in [0.4, 0.5) is 0 Å². The zero-order valence-electron chi connectivity index (χ0n) is 7.93. The SMILES string of the molecule is O=Cc1ccn(Cc2ccc(Br)cn2)c1. The number of halogens is 1. The summed E-state index contributed by atoms with van der Waals surface area (Å²) in [6.07, 6.45) is 6.27. The molecular formula is C11H9BrN2O. The van der Waals surface area contributed by atoms with E-state index in [1.165, 1.54) is 0 Å². The van der Waals surface area contributed by atoms with Gasteiger partial charge in [0, 0.05) is 28.6 Å². The Labute approximate surface area is 95.9 Å². The van der Waals surface area contributed by atoms with Crippen LogP contribution >= 0.6 is 15.9 Å². The Morgan fingerprint density at radius 3 is 2.87 bits per heavy atom. The van der Waals surface area contributed by atoms with E-state index in [1.807, 2.05) is 22.9 Å². The molecule has 4 heteroatoms. The number of pyridine rings is 1. The number of hydrogen-bond donors (Lipinski definition) is 0. The molecule has 0 saturated carbocycles. The number of carbonyl (C=O) groups excluding carboxylic acids is 1. The Morgan fingerprint density at radius 2 is 2.27 bits per heavy atom. The second kappa shape index (κ2) is 4.40. The number of aromatic nitrogens is 2. The molecule has 76 valence electrons. The summed E-state index contributed by atoms with van der Waals surface area (Å²) in [5.74, 6) is 0. The molecule has 0 aromatic carbocycles. The van der Waals surface area contributed by atoms with Gasteiger partial charge in [-0.05, 0) is 34.1 Å². The molecule has 2 rings (SSSR count). The highest BCUT2D eigenvalue weighted by Crippen LogP contribution is 2.09. The van der Waals surface area contributed by atoms with Crippen molar-refractivity contribution in [3.8, 4) is 0 Å². The lowest BCUT2D eigenvalue weighted by Gasteiger charge is -2.01. The lowest BCUT2D eigenvalue weighted by Crippen LogP contribution is -1.98. The third kappa shape index (κ3) is 2.53. The minimum atomic E-state index is 0.682. The molecule has 15 heavy (non-hydrogen) atoms. The molecule has 2 aromatic rings. The van der Waals surface area contributed by atoms with E-state index < -0.39 is 0 Å². The minimum Gasteiger partial charge on any atom is -0.348 e. The lowest BCUT2D eigenvalue weighted by molar-refractivity contribution is 0.112. The summed E-state index contributed by atoms with van der Waals surface area (Å²) < 4.78 is 2.90. The number of carbonyl (C=O) groups is 1. The highest BCUT2D eigenvalue weighted by Gasteiger charge is 1.98. The van der Waals surface area contributed by atoms with Gasteiger partial charge in [-0.1, -0.05) is 0 Å². The first-order valence-electron chi connectivity index (χ1n) is 4.49. The summed E-state index contributed by atoms with van der Waals surface area (Å²) in [6, 6.07) is 5.68.